The molecule has 0 fully saturated rings. The number of anilines is 2. The van der Waals surface area contributed by atoms with Crippen LogP contribution in [0.3, 0.4) is 0 Å². The van der Waals surface area contributed by atoms with Gasteiger partial charge in [0.15, 0.2) is 5.75 Å². The van der Waals surface area contributed by atoms with E-state index in [1.165, 1.54) is 0 Å². The Balaban J connectivity index is 1.62. The molecular formula is C21H20N2O3. The standard InChI is InChI=1S/C21H20N2O3/c1-25-18-11-7-8-16(14-18)22-15-21(24)23-19-12-5-6-13-20(19)26-17-9-3-2-4-10-17/h2-14,22H,15H2,1H3,(H,23,24). The van der Waals surface area contributed by atoms with Gasteiger partial charge >= 0.3 is 0 Å². The van der Waals surface area contributed by atoms with Gasteiger partial charge in [0.2, 0.25) is 5.91 Å². The summed E-state index contributed by atoms with van der Waals surface area (Å²) in [6.07, 6.45) is 0. The summed E-state index contributed by atoms with van der Waals surface area (Å²) >= 11 is 0. The lowest BCUT2D eigenvalue weighted by Gasteiger charge is -2.13. The first-order valence-electron chi connectivity index (χ1n) is 8.24. The molecule has 5 nitrogen and oxygen atoms in total. The Morgan fingerprint density at radius 3 is 2.42 bits per heavy atom. The zero-order chi connectivity index (χ0) is 18.2. The van der Waals surface area contributed by atoms with Crippen LogP contribution >= 0.6 is 0 Å². The van der Waals surface area contributed by atoms with Crippen LogP contribution in [0.1, 0.15) is 0 Å². The summed E-state index contributed by atoms with van der Waals surface area (Å²) < 4.78 is 11.0. The highest BCUT2D eigenvalue weighted by Crippen LogP contribution is 2.29. The Morgan fingerprint density at radius 2 is 1.62 bits per heavy atom. The van der Waals surface area contributed by atoms with E-state index in [1.807, 2.05) is 78.9 Å². The fourth-order valence-electron chi connectivity index (χ4n) is 2.38. The summed E-state index contributed by atoms with van der Waals surface area (Å²) in [6.45, 7) is 0.132. The van der Waals surface area contributed by atoms with Crippen molar-refractivity contribution >= 4 is 17.3 Å². The number of rotatable bonds is 7. The lowest BCUT2D eigenvalue weighted by molar-refractivity contribution is -0.114. The Morgan fingerprint density at radius 1 is 0.885 bits per heavy atom. The number of carbonyl (C=O) groups excluding carboxylic acids is 1. The first kappa shape index (κ1) is 17.4. The predicted octanol–water partition coefficient (Wildman–Crippen LogP) is 4.54. The Bertz CT molecular complexity index is 866. The first-order valence-corrected chi connectivity index (χ1v) is 8.24. The number of hydrogen-bond acceptors (Lipinski definition) is 4. The Labute approximate surface area is 152 Å². The van der Waals surface area contributed by atoms with Crippen LogP contribution in [0, 0.1) is 0 Å². The van der Waals surface area contributed by atoms with E-state index in [9.17, 15) is 4.79 Å². The molecule has 26 heavy (non-hydrogen) atoms. The summed E-state index contributed by atoms with van der Waals surface area (Å²) in [5, 5.41) is 5.95. The van der Waals surface area contributed by atoms with Crippen LogP contribution in [0.4, 0.5) is 11.4 Å². The van der Waals surface area contributed by atoms with E-state index in [4.69, 9.17) is 9.47 Å². The molecule has 0 aliphatic heterocycles. The summed E-state index contributed by atoms with van der Waals surface area (Å²) in [5.74, 6) is 1.87. The van der Waals surface area contributed by atoms with E-state index in [0.29, 0.717) is 17.2 Å². The molecule has 0 saturated carbocycles. The zero-order valence-corrected chi connectivity index (χ0v) is 14.4. The van der Waals surface area contributed by atoms with E-state index >= 15 is 0 Å². The fourth-order valence-corrected chi connectivity index (χ4v) is 2.38. The quantitative estimate of drug-likeness (QED) is 0.658. The molecule has 132 valence electrons. The highest BCUT2D eigenvalue weighted by Gasteiger charge is 2.08. The number of benzene rings is 3. The van der Waals surface area contributed by atoms with Gasteiger partial charge in [-0.15, -0.1) is 0 Å². The van der Waals surface area contributed by atoms with Gasteiger partial charge in [-0.25, -0.2) is 0 Å². The normalized spacial score (nSPS) is 10.0. The molecule has 0 aliphatic rings. The maximum absolute atomic E-state index is 12.3. The van der Waals surface area contributed by atoms with Gasteiger partial charge in [-0.1, -0.05) is 36.4 Å². The molecule has 1 amide bonds. The Kier molecular flexibility index (Phi) is 5.72. The van der Waals surface area contributed by atoms with Gasteiger partial charge in [-0.3, -0.25) is 4.79 Å². The minimum Gasteiger partial charge on any atom is -0.497 e. The third-order valence-electron chi connectivity index (χ3n) is 3.65. The third-order valence-corrected chi connectivity index (χ3v) is 3.65. The molecule has 3 aromatic rings. The maximum Gasteiger partial charge on any atom is 0.243 e. The highest BCUT2D eigenvalue weighted by molar-refractivity contribution is 5.95. The summed E-state index contributed by atoms with van der Waals surface area (Å²) in [7, 11) is 1.61. The van der Waals surface area contributed by atoms with Crippen molar-refractivity contribution in [3.8, 4) is 17.2 Å². The van der Waals surface area contributed by atoms with Crippen molar-refractivity contribution in [2.75, 3.05) is 24.3 Å². The van der Waals surface area contributed by atoms with Gasteiger partial charge < -0.3 is 20.1 Å². The summed E-state index contributed by atoms with van der Waals surface area (Å²) in [4.78, 5) is 12.3. The van der Waals surface area contributed by atoms with Gasteiger partial charge in [0.05, 0.1) is 19.3 Å². The smallest absolute Gasteiger partial charge is 0.243 e. The topological polar surface area (TPSA) is 59.6 Å². The van der Waals surface area contributed by atoms with Crippen molar-refractivity contribution < 1.29 is 14.3 Å². The van der Waals surface area contributed by atoms with Gasteiger partial charge in [0, 0.05) is 11.8 Å². The largest absolute Gasteiger partial charge is 0.497 e. The second-order valence-corrected chi connectivity index (χ2v) is 5.54. The minimum atomic E-state index is -0.170. The average Bonchev–Trinajstić information content (AvgIpc) is 2.69. The predicted molar refractivity (Wildman–Crippen MR) is 103 cm³/mol. The molecule has 5 heteroatoms. The number of ether oxygens (including phenoxy) is 2. The van der Waals surface area contributed by atoms with Crippen LogP contribution in [0.5, 0.6) is 17.2 Å². The fraction of sp³-hybridized carbons (Fsp3) is 0.0952. The van der Waals surface area contributed by atoms with Crippen LogP contribution in [-0.2, 0) is 4.79 Å². The van der Waals surface area contributed by atoms with Crippen LogP contribution in [0.15, 0.2) is 78.9 Å². The van der Waals surface area contributed by atoms with Gasteiger partial charge in [-0.2, -0.15) is 0 Å². The van der Waals surface area contributed by atoms with Gasteiger partial charge in [0.25, 0.3) is 0 Å². The maximum atomic E-state index is 12.3. The number of methoxy groups -OCH3 is 1. The molecule has 0 aromatic heterocycles. The molecule has 0 unspecified atom stereocenters. The molecule has 2 N–H and O–H groups in total. The molecule has 3 aromatic carbocycles. The van der Waals surface area contributed by atoms with E-state index in [0.717, 1.165) is 11.4 Å². The molecular weight excluding hydrogens is 328 g/mol. The molecule has 0 spiro atoms. The molecule has 0 bridgehead atoms. The van der Waals surface area contributed by atoms with E-state index < -0.39 is 0 Å². The van der Waals surface area contributed by atoms with Crippen LogP contribution in [0.2, 0.25) is 0 Å². The lowest BCUT2D eigenvalue weighted by atomic mass is 10.2. The highest BCUT2D eigenvalue weighted by atomic mass is 16.5. The average molecular weight is 348 g/mol. The van der Waals surface area contributed by atoms with E-state index in [1.54, 1.807) is 7.11 Å². The van der Waals surface area contributed by atoms with E-state index in [-0.39, 0.29) is 12.5 Å². The second-order valence-electron chi connectivity index (χ2n) is 5.54. The zero-order valence-electron chi connectivity index (χ0n) is 14.4. The number of nitrogens with one attached hydrogen (secondary N) is 2. The number of carbonyl (C=O) groups is 1. The molecule has 0 aliphatic carbocycles. The lowest BCUT2D eigenvalue weighted by Crippen LogP contribution is -2.22. The summed E-state index contributed by atoms with van der Waals surface area (Å²) in [6, 6.07) is 24.2. The van der Waals surface area contributed by atoms with Crippen molar-refractivity contribution in [1.82, 2.24) is 0 Å². The van der Waals surface area contributed by atoms with Crippen molar-refractivity contribution in [2.24, 2.45) is 0 Å². The first-order chi connectivity index (χ1) is 12.7. The molecule has 3 rings (SSSR count). The van der Waals surface area contributed by atoms with Gasteiger partial charge in [0.1, 0.15) is 11.5 Å². The van der Waals surface area contributed by atoms with Crippen molar-refractivity contribution in [3.05, 3.63) is 78.9 Å². The SMILES string of the molecule is COc1cccc(NCC(=O)Nc2ccccc2Oc2ccccc2)c1. The van der Waals surface area contributed by atoms with Crippen molar-refractivity contribution in [1.29, 1.82) is 0 Å². The molecule has 0 radical (unpaired) electrons. The molecule has 0 heterocycles. The third kappa shape index (κ3) is 4.77. The number of amides is 1. The minimum absolute atomic E-state index is 0.132. The monoisotopic (exact) mass is 348 g/mol. The Hall–Kier alpha value is -3.47. The van der Waals surface area contributed by atoms with Crippen LogP contribution in [0.25, 0.3) is 0 Å². The van der Waals surface area contributed by atoms with E-state index in [2.05, 4.69) is 10.6 Å². The van der Waals surface area contributed by atoms with Gasteiger partial charge in [-0.05, 0) is 36.4 Å². The number of para-hydroxylation sites is 3. The number of hydrogen-bond donors (Lipinski definition) is 2. The summed E-state index contributed by atoms with van der Waals surface area (Å²) in [5.41, 5.74) is 1.43. The second kappa shape index (κ2) is 8.58. The van der Waals surface area contributed by atoms with Crippen LogP contribution in [-0.4, -0.2) is 19.6 Å². The van der Waals surface area contributed by atoms with Crippen molar-refractivity contribution in [2.45, 2.75) is 0 Å². The van der Waals surface area contributed by atoms with Crippen molar-refractivity contribution in [3.63, 3.8) is 0 Å². The molecule has 0 atom stereocenters. The van der Waals surface area contributed by atoms with Crippen LogP contribution < -0.4 is 20.1 Å². The molecule has 0 saturated heterocycles.